The molecule has 132 valence electrons. The van der Waals surface area contributed by atoms with E-state index >= 15 is 0 Å². The lowest BCUT2D eigenvalue weighted by molar-refractivity contribution is 0.734. The lowest BCUT2D eigenvalue weighted by Crippen LogP contribution is -1.98. The quantitative estimate of drug-likeness (QED) is 0.528. The van der Waals surface area contributed by atoms with Crippen LogP contribution in [0.1, 0.15) is 64.0 Å². The van der Waals surface area contributed by atoms with Crippen molar-refractivity contribution in [2.24, 2.45) is 0 Å². The number of hydrogen-bond acceptors (Lipinski definition) is 2. The molecule has 1 atom stereocenters. The number of anilines is 1. The standard InChI is InChI=1S/C23H30N2/c1-6-17(4)19-8-7-9-20(14-19)21-10-11-22(16(2)3)23(15-21)25-13-12-18(5)24/h7-17,24-25H,6H2,1-5H3/b13-12-,24-18?. The predicted octanol–water partition coefficient (Wildman–Crippen LogP) is 6.96. The zero-order chi connectivity index (χ0) is 18.4. The molecular weight excluding hydrogens is 304 g/mol. The maximum absolute atomic E-state index is 7.53. The van der Waals surface area contributed by atoms with E-state index in [4.69, 9.17) is 5.41 Å². The fourth-order valence-corrected chi connectivity index (χ4v) is 2.88. The first-order valence-corrected chi connectivity index (χ1v) is 9.14. The van der Waals surface area contributed by atoms with Gasteiger partial charge in [0.2, 0.25) is 0 Å². The van der Waals surface area contributed by atoms with Crippen molar-refractivity contribution in [3.8, 4) is 11.1 Å². The molecule has 0 aliphatic carbocycles. The monoisotopic (exact) mass is 334 g/mol. The number of benzene rings is 2. The number of nitrogens with one attached hydrogen (secondary N) is 2. The highest BCUT2D eigenvalue weighted by atomic mass is 14.8. The van der Waals surface area contributed by atoms with Crippen molar-refractivity contribution >= 4 is 11.4 Å². The Morgan fingerprint density at radius 2 is 1.80 bits per heavy atom. The summed E-state index contributed by atoms with van der Waals surface area (Å²) in [5, 5.41) is 10.9. The zero-order valence-electron chi connectivity index (χ0n) is 16.1. The van der Waals surface area contributed by atoms with Gasteiger partial charge in [0.15, 0.2) is 0 Å². The van der Waals surface area contributed by atoms with Crippen LogP contribution >= 0.6 is 0 Å². The van der Waals surface area contributed by atoms with E-state index in [9.17, 15) is 0 Å². The molecule has 2 rings (SSSR count). The van der Waals surface area contributed by atoms with Gasteiger partial charge in [0.25, 0.3) is 0 Å². The van der Waals surface area contributed by atoms with E-state index in [1.807, 2.05) is 6.20 Å². The number of allylic oxidation sites excluding steroid dienone is 1. The molecule has 0 bridgehead atoms. The first kappa shape index (κ1) is 19.0. The second-order valence-corrected chi connectivity index (χ2v) is 7.05. The average molecular weight is 335 g/mol. The van der Waals surface area contributed by atoms with Gasteiger partial charge in [0, 0.05) is 17.6 Å². The van der Waals surface area contributed by atoms with Crippen molar-refractivity contribution in [2.75, 3.05) is 5.32 Å². The summed E-state index contributed by atoms with van der Waals surface area (Å²) in [5.41, 5.74) is 6.80. The highest BCUT2D eigenvalue weighted by Crippen LogP contribution is 2.31. The van der Waals surface area contributed by atoms with E-state index in [0.29, 0.717) is 17.5 Å². The third kappa shape index (κ3) is 5.06. The third-order valence-electron chi connectivity index (χ3n) is 4.65. The fourth-order valence-electron chi connectivity index (χ4n) is 2.88. The summed E-state index contributed by atoms with van der Waals surface area (Å²) in [6.45, 7) is 10.7. The Hall–Kier alpha value is -2.35. The van der Waals surface area contributed by atoms with E-state index in [2.05, 4.69) is 75.5 Å². The van der Waals surface area contributed by atoms with Gasteiger partial charge in [-0.15, -0.1) is 0 Å². The van der Waals surface area contributed by atoms with E-state index in [1.54, 1.807) is 13.0 Å². The number of hydrogen-bond donors (Lipinski definition) is 2. The minimum Gasteiger partial charge on any atom is -0.361 e. The van der Waals surface area contributed by atoms with Crippen LogP contribution in [0.2, 0.25) is 0 Å². The molecule has 0 spiro atoms. The van der Waals surface area contributed by atoms with Crippen LogP contribution in [0.15, 0.2) is 54.7 Å². The Bertz CT molecular complexity index is 756. The fraction of sp³-hybridized carbons (Fsp3) is 0.348. The van der Waals surface area contributed by atoms with Crippen molar-refractivity contribution < 1.29 is 0 Å². The molecular formula is C23H30N2. The topological polar surface area (TPSA) is 35.9 Å². The second-order valence-electron chi connectivity index (χ2n) is 7.05. The lowest BCUT2D eigenvalue weighted by atomic mass is 9.93. The summed E-state index contributed by atoms with van der Waals surface area (Å²) in [4.78, 5) is 0. The largest absolute Gasteiger partial charge is 0.361 e. The van der Waals surface area contributed by atoms with Gasteiger partial charge in [0.05, 0.1) is 0 Å². The van der Waals surface area contributed by atoms with Crippen molar-refractivity contribution in [2.45, 2.75) is 52.9 Å². The molecule has 2 heteroatoms. The molecule has 0 aliphatic rings. The van der Waals surface area contributed by atoms with Crippen LogP contribution in [0.25, 0.3) is 11.1 Å². The van der Waals surface area contributed by atoms with E-state index in [-0.39, 0.29) is 0 Å². The average Bonchev–Trinajstić information content (AvgIpc) is 2.60. The summed E-state index contributed by atoms with van der Waals surface area (Å²) in [5.74, 6) is 1.02. The van der Waals surface area contributed by atoms with Gasteiger partial charge in [-0.2, -0.15) is 0 Å². The third-order valence-corrected chi connectivity index (χ3v) is 4.65. The molecule has 0 aliphatic heterocycles. The molecule has 0 heterocycles. The molecule has 2 N–H and O–H groups in total. The van der Waals surface area contributed by atoms with Crippen LogP contribution in [0.3, 0.4) is 0 Å². The summed E-state index contributed by atoms with van der Waals surface area (Å²) < 4.78 is 0. The Labute approximate surface area is 152 Å². The molecule has 2 aromatic rings. The van der Waals surface area contributed by atoms with Crippen molar-refractivity contribution in [1.29, 1.82) is 5.41 Å². The van der Waals surface area contributed by atoms with Crippen LogP contribution in [0, 0.1) is 5.41 Å². The molecule has 0 saturated carbocycles. The summed E-state index contributed by atoms with van der Waals surface area (Å²) >= 11 is 0. The smallest absolute Gasteiger partial charge is 0.0421 e. The van der Waals surface area contributed by atoms with Crippen molar-refractivity contribution in [3.63, 3.8) is 0 Å². The van der Waals surface area contributed by atoms with Crippen LogP contribution in [-0.2, 0) is 0 Å². The Morgan fingerprint density at radius 3 is 2.44 bits per heavy atom. The lowest BCUT2D eigenvalue weighted by Gasteiger charge is -2.16. The van der Waals surface area contributed by atoms with E-state index in [0.717, 1.165) is 12.1 Å². The van der Waals surface area contributed by atoms with Crippen LogP contribution in [0.4, 0.5) is 5.69 Å². The van der Waals surface area contributed by atoms with Gasteiger partial charge in [-0.3, -0.25) is 0 Å². The highest BCUT2D eigenvalue weighted by molar-refractivity contribution is 5.90. The molecule has 1 unspecified atom stereocenters. The maximum atomic E-state index is 7.53. The van der Waals surface area contributed by atoms with Crippen LogP contribution in [0.5, 0.6) is 0 Å². The minimum absolute atomic E-state index is 0.442. The summed E-state index contributed by atoms with van der Waals surface area (Å²) in [6, 6.07) is 15.5. The first-order valence-electron chi connectivity index (χ1n) is 9.14. The SMILES string of the molecule is CCC(C)c1cccc(-c2ccc(C(C)C)c(N/C=C\C(C)=N)c2)c1. The van der Waals surface area contributed by atoms with Crippen molar-refractivity contribution in [3.05, 3.63) is 65.9 Å². The summed E-state index contributed by atoms with van der Waals surface area (Å²) in [6.07, 6.45) is 4.78. The van der Waals surface area contributed by atoms with E-state index in [1.165, 1.54) is 22.3 Å². The van der Waals surface area contributed by atoms with Gasteiger partial charge in [-0.25, -0.2) is 0 Å². The highest BCUT2D eigenvalue weighted by Gasteiger charge is 2.09. The second kappa shape index (κ2) is 8.66. The molecule has 0 fully saturated rings. The molecule has 2 nitrogen and oxygen atoms in total. The van der Waals surface area contributed by atoms with Gasteiger partial charge in [0.1, 0.15) is 0 Å². The van der Waals surface area contributed by atoms with E-state index < -0.39 is 0 Å². The van der Waals surface area contributed by atoms with Gasteiger partial charge < -0.3 is 10.7 Å². The molecule has 25 heavy (non-hydrogen) atoms. The van der Waals surface area contributed by atoms with Crippen LogP contribution < -0.4 is 5.32 Å². The molecule has 0 aromatic heterocycles. The minimum atomic E-state index is 0.442. The predicted molar refractivity (Wildman–Crippen MR) is 111 cm³/mol. The zero-order valence-corrected chi connectivity index (χ0v) is 16.1. The summed E-state index contributed by atoms with van der Waals surface area (Å²) in [7, 11) is 0. The number of rotatable bonds is 7. The molecule has 0 saturated heterocycles. The van der Waals surface area contributed by atoms with Gasteiger partial charge in [-0.1, -0.05) is 64.1 Å². The molecule has 0 radical (unpaired) electrons. The molecule has 2 aromatic carbocycles. The van der Waals surface area contributed by atoms with Crippen LogP contribution in [-0.4, -0.2) is 5.71 Å². The first-order chi connectivity index (χ1) is 11.9. The Kier molecular flexibility index (Phi) is 6.58. The van der Waals surface area contributed by atoms with Crippen molar-refractivity contribution in [1.82, 2.24) is 0 Å². The van der Waals surface area contributed by atoms with Gasteiger partial charge in [-0.05, 0) is 59.6 Å². The Balaban J connectivity index is 2.40. The normalized spacial score (nSPS) is 12.6. The Morgan fingerprint density at radius 1 is 1.08 bits per heavy atom. The maximum Gasteiger partial charge on any atom is 0.0421 e. The molecule has 0 amide bonds. The van der Waals surface area contributed by atoms with Gasteiger partial charge >= 0.3 is 0 Å².